The summed E-state index contributed by atoms with van der Waals surface area (Å²) < 4.78 is 0. The molecule has 0 aliphatic carbocycles. The highest BCUT2D eigenvalue weighted by Crippen LogP contribution is 2.38. The zero-order valence-corrected chi connectivity index (χ0v) is 24.9. The molecule has 3 nitrogen and oxygen atoms in total. The summed E-state index contributed by atoms with van der Waals surface area (Å²) >= 11 is 0. The van der Waals surface area contributed by atoms with Gasteiger partial charge in [0.2, 0.25) is 0 Å². The van der Waals surface area contributed by atoms with Crippen LogP contribution in [0.3, 0.4) is 0 Å². The monoisotopic (exact) mass is 585 g/mol. The minimum absolute atomic E-state index is 0.919. The second-order valence-electron chi connectivity index (χ2n) is 11.7. The molecule has 0 aliphatic heterocycles. The van der Waals surface area contributed by atoms with Gasteiger partial charge in [0.1, 0.15) is 0 Å². The average Bonchev–Trinajstić information content (AvgIpc) is 3.14. The van der Waals surface area contributed by atoms with E-state index in [0.717, 1.165) is 54.9 Å². The van der Waals surface area contributed by atoms with Crippen LogP contribution in [0, 0.1) is 0 Å². The number of hydrogen-bond donors (Lipinski definition) is 0. The Morgan fingerprint density at radius 2 is 1.02 bits per heavy atom. The zero-order chi connectivity index (χ0) is 30.5. The van der Waals surface area contributed by atoms with E-state index in [1.807, 2.05) is 12.3 Å². The second-order valence-corrected chi connectivity index (χ2v) is 11.7. The van der Waals surface area contributed by atoms with E-state index >= 15 is 0 Å². The van der Waals surface area contributed by atoms with Crippen LogP contribution in [0.5, 0.6) is 0 Å². The molecule has 6 aromatic carbocycles. The van der Waals surface area contributed by atoms with Gasteiger partial charge in [0.25, 0.3) is 0 Å². The van der Waals surface area contributed by atoms with Crippen molar-refractivity contribution in [3.05, 3.63) is 164 Å². The third kappa shape index (κ3) is 4.49. The van der Waals surface area contributed by atoms with E-state index in [9.17, 15) is 0 Å². The number of aromatic nitrogens is 3. The van der Waals surface area contributed by atoms with Gasteiger partial charge in [-0.15, -0.1) is 0 Å². The second kappa shape index (κ2) is 10.8. The molecule has 0 fully saturated rings. The summed E-state index contributed by atoms with van der Waals surface area (Å²) in [6.07, 6.45) is 1.83. The highest BCUT2D eigenvalue weighted by Gasteiger charge is 2.15. The van der Waals surface area contributed by atoms with Crippen molar-refractivity contribution >= 4 is 43.6 Å². The van der Waals surface area contributed by atoms with E-state index in [1.165, 1.54) is 33.4 Å². The number of hydrogen-bond acceptors (Lipinski definition) is 3. The summed E-state index contributed by atoms with van der Waals surface area (Å²) in [7, 11) is 0. The molecule has 0 atom stereocenters. The molecule has 9 rings (SSSR count). The van der Waals surface area contributed by atoms with E-state index in [1.54, 1.807) is 0 Å². The Hall–Kier alpha value is -6.19. The van der Waals surface area contributed by atoms with Crippen LogP contribution in [-0.4, -0.2) is 15.0 Å². The summed E-state index contributed by atoms with van der Waals surface area (Å²) in [6, 6.07) is 55.6. The van der Waals surface area contributed by atoms with Crippen molar-refractivity contribution in [2.45, 2.75) is 0 Å². The third-order valence-corrected chi connectivity index (χ3v) is 8.91. The molecule has 3 heterocycles. The standard InChI is InChI=1S/C43H27N3/c1-2-7-32(8-3-1)41-36-10-4-5-11-40(36)46-43-37(41)23-20-33-21-25-39(45-42(33)43)31-18-16-29(17-19-31)28-12-14-30(15-13-28)34-22-24-38-35(27-34)9-6-26-44-38/h1-27H. The highest BCUT2D eigenvalue weighted by molar-refractivity contribution is 6.16. The Bertz CT molecular complexity index is 2550. The van der Waals surface area contributed by atoms with Crippen LogP contribution >= 0.6 is 0 Å². The van der Waals surface area contributed by atoms with Gasteiger partial charge < -0.3 is 0 Å². The quantitative estimate of drug-likeness (QED) is 0.152. The smallest absolute Gasteiger partial charge is 0.0978 e. The number of rotatable bonds is 4. The first-order valence-electron chi connectivity index (χ1n) is 15.5. The molecule has 0 spiro atoms. The van der Waals surface area contributed by atoms with Gasteiger partial charge in [0.05, 0.1) is 27.8 Å². The molecule has 0 N–H and O–H groups in total. The Labute approximate surface area is 266 Å². The Kier molecular flexibility index (Phi) is 6.14. The summed E-state index contributed by atoms with van der Waals surface area (Å²) in [6.45, 7) is 0. The maximum absolute atomic E-state index is 5.22. The van der Waals surface area contributed by atoms with E-state index < -0.39 is 0 Å². The predicted molar refractivity (Wildman–Crippen MR) is 192 cm³/mol. The summed E-state index contributed by atoms with van der Waals surface area (Å²) in [5.74, 6) is 0. The summed E-state index contributed by atoms with van der Waals surface area (Å²) in [5, 5.41) is 4.49. The molecular weight excluding hydrogens is 558 g/mol. The molecule has 0 aliphatic rings. The van der Waals surface area contributed by atoms with Crippen molar-refractivity contribution in [3.63, 3.8) is 0 Å². The van der Waals surface area contributed by atoms with Crippen LogP contribution in [0.1, 0.15) is 0 Å². The molecule has 3 heteroatoms. The van der Waals surface area contributed by atoms with E-state index in [4.69, 9.17) is 9.97 Å². The normalized spacial score (nSPS) is 11.5. The number of para-hydroxylation sites is 1. The van der Waals surface area contributed by atoms with Crippen molar-refractivity contribution in [1.82, 2.24) is 15.0 Å². The lowest BCUT2D eigenvalue weighted by atomic mass is 9.95. The van der Waals surface area contributed by atoms with Gasteiger partial charge in [0, 0.05) is 38.9 Å². The van der Waals surface area contributed by atoms with Crippen molar-refractivity contribution in [1.29, 1.82) is 0 Å². The molecule has 0 saturated carbocycles. The first kappa shape index (κ1) is 26.2. The van der Waals surface area contributed by atoms with Gasteiger partial charge >= 0.3 is 0 Å². The number of fused-ring (bicyclic) bond motifs is 5. The largest absolute Gasteiger partial charge is 0.256 e. The fraction of sp³-hybridized carbons (Fsp3) is 0. The molecule has 3 aromatic heterocycles. The molecule has 0 bridgehead atoms. The maximum atomic E-state index is 5.22. The van der Waals surface area contributed by atoms with Gasteiger partial charge in [-0.3, -0.25) is 4.98 Å². The lowest BCUT2D eigenvalue weighted by molar-refractivity contribution is 1.39. The highest BCUT2D eigenvalue weighted by atomic mass is 14.8. The molecule has 0 amide bonds. The summed E-state index contributed by atoms with van der Waals surface area (Å²) in [5.41, 5.74) is 13.0. The fourth-order valence-electron chi connectivity index (χ4n) is 6.56. The Balaban J connectivity index is 1.08. The van der Waals surface area contributed by atoms with Crippen LogP contribution in [-0.2, 0) is 0 Å². The van der Waals surface area contributed by atoms with Gasteiger partial charge in [-0.1, -0.05) is 127 Å². The van der Waals surface area contributed by atoms with Crippen molar-refractivity contribution in [3.8, 4) is 44.6 Å². The topological polar surface area (TPSA) is 38.7 Å². The number of benzene rings is 6. The molecule has 9 aromatic rings. The van der Waals surface area contributed by atoms with Gasteiger partial charge in [-0.2, -0.15) is 0 Å². The molecular formula is C43H27N3. The molecule has 214 valence electrons. The van der Waals surface area contributed by atoms with Crippen LogP contribution in [0.2, 0.25) is 0 Å². The van der Waals surface area contributed by atoms with Gasteiger partial charge in [-0.05, 0) is 58.1 Å². The predicted octanol–water partition coefficient (Wildman–Crippen LogP) is 11.2. The molecule has 0 unspecified atom stereocenters. The van der Waals surface area contributed by atoms with Gasteiger partial charge in [0.15, 0.2) is 0 Å². The van der Waals surface area contributed by atoms with E-state index in [2.05, 4.69) is 157 Å². The van der Waals surface area contributed by atoms with Crippen molar-refractivity contribution < 1.29 is 0 Å². The first-order chi connectivity index (χ1) is 22.8. The van der Waals surface area contributed by atoms with Crippen LogP contribution in [0.25, 0.3) is 88.2 Å². The van der Waals surface area contributed by atoms with Gasteiger partial charge in [-0.25, -0.2) is 9.97 Å². The van der Waals surface area contributed by atoms with Crippen molar-refractivity contribution in [2.75, 3.05) is 0 Å². The minimum Gasteiger partial charge on any atom is -0.256 e. The lowest BCUT2D eigenvalue weighted by Crippen LogP contribution is -1.93. The SMILES string of the molecule is c1ccc(-c2c3ccccc3nc3c2ccc2ccc(-c4ccc(-c5ccc(-c6ccc7ncccc7c6)cc5)cc4)nc23)cc1. The summed E-state index contributed by atoms with van der Waals surface area (Å²) in [4.78, 5) is 14.8. The Morgan fingerprint density at radius 3 is 1.83 bits per heavy atom. The minimum atomic E-state index is 0.919. The molecule has 0 saturated heterocycles. The molecule has 0 radical (unpaired) electrons. The van der Waals surface area contributed by atoms with E-state index in [0.29, 0.717) is 0 Å². The lowest BCUT2D eigenvalue weighted by Gasteiger charge is -2.13. The zero-order valence-electron chi connectivity index (χ0n) is 24.9. The van der Waals surface area contributed by atoms with E-state index in [-0.39, 0.29) is 0 Å². The first-order valence-corrected chi connectivity index (χ1v) is 15.5. The molecule has 46 heavy (non-hydrogen) atoms. The Morgan fingerprint density at radius 1 is 0.348 bits per heavy atom. The number of pyridine rings is 3. The third-order valence-electron chi connectivity index (χ3n) is 8.91. The fourth-order valence-corrected chi connectivity index (χ4v) is 6.56. The number of nitrogens with zero attached hydrogens (tertiary/aromatic N) is 3. The average molecular weight is 586 g/mol. The maximum Gasteiger partial charge on any atom is 0.0978 e. The van der Waals surface area contributed by atoms with Crippen molar-refractivity contribution in [2.24, 2.45) is 0 Å². The van der Waals surface area contributed by atoms with Crippen LogP contribution in [0.15, 0.2) is 164 Å². The van der Waals surface area contributed by atoms with Crippen LogP contribution in [0.4, 0.5) is 0 Å². The van der Waals surface area contributed by atoms with Crippen LogP contribution < -0.4 is 0 Å².